The van der Waals surface area contributed by atoms with Crippen molar-refractivity contribution in [1.29, 1.82) is 0 Å². The van der Waals surface area contributed by atoms with E-state index in [0.29, 0.717) is 24.7 Å². The third-order valence-electron chi connectivity index (χ3n) is 7.99. The predicted molar refractivity (Wildman–Crippen MR) is 175 cm³/mol. The van der Waals surface area contributed by atoms with Gasteiger partial charge in [-0.2, -0.15) is 0 Å². The number of imidazole rings is 1. The molecule has 7 heteroatoms. The molecule has 2 aromatic heterocycles. The number of halogens is 1. The summed E-state index contributed by atoms with van der Waals surface area (Å²) in [5.74, 6) is 1.34. The number of nitrogens with zero attached hydrogens (tertiary/aromatic N) is 2. The molecular weight excluding hydrogens is 614 g/mol. The second-order valence-electron chi connectivity index (χ2n) is 11.6. The molecule has 0 aliphatic carbocycles. The van der Waals surface area contributed by atoms with E-state index in [-0.39, 0.29) is 29.3 Å². The molecule has 6 nitrogen and oxygen atoms in total. The van der Waals surface area contributed by atoms with Gasteiger partial charge < -0.3 is 31.8 Å². The van der Waals surface area contributed by atoms with Crippen LogP contribution in [0.5, 0.6) is 11.5 Å². The van der Waals surface area contributed by atoms with Gasteiger partial charge >= 0.3 is 0 Å². The standard InChI is InChI=1S/C37H49N3O3.BrH/c1-3-4-5-6-7-8-9-10-11-12-13-18-25-43-36-26-31(22-23-35(36)42-2)27-37(41)38-34-21-15-14-19-32(34)28-39-29-33-20-16-17-24-40(33)30-39;/h14-17,19-24,26,29-30H,3-13,18,25,27-28H2,1-2H3;1H. The third-order valence-corrected chi connectivity index (χ3v) is 7.99. The fourth-order valence-corrected chi connectivity index (χ4v) is 5.56. The molecule has 4 aromatic rings. The normalized spacial score (nSPS) is 10.9. The van der Waals surface area contributed by atoms with E-state index in [1.54, 1.807) is 7.11 Å². The van der Waals surface area contributed by atoms with Crippen LogP contribution in [0.2, 0.25) is 0 Å². The fraction of sp³-hybridized carbons (Fsp3) is 0.459. The summed E-state index contributed by atoms with van der Waals surface area (Å²) in [4.78, 5) is 13.1. The molecule has 0 aliphatic rings. The predicted octanol–water partition coefficient (Wildman–Crippen LogP) is 5.55. The Bertz CT molecular complexity index is 1370. The number of methoxy groups -OCH3 is 1. The second kappa shape index (κ2) is 19.9. The first-order valence-corrected chi connectivity index (χ1v) is 16.3. The highest BCUT2D eigenvalue weighted by Crippen LogP contribution is 2.29. The Morgan fingerprint density at radius 2 is 1.50 bits per heavy atom. The number of hydrogen-bond acceptors (Lipinski definition) is 3. The first-order valence-electron chi connectivity index (χ1n) is 16.3. The van der Waals surface area contributed by atoms with Crippen molar-refractivity contribution >= 4 is 17.1 Å². The summed E-state index contributed by atoms with van der Waals surface area (Å²) >= 11 is 0. The Kier molecular flexibility index (Phi) is 15.9. The van der Waals surface area contributed by atoms with E-state index in [1.165, 1.54) is 70.6 Å². The maximum absolute atomic E-state index is 13.1. The number of pyridine rings is 1. The van der Waals surface area contributed by atoms with Gasteiger partial charge in [0.2, 0.25) is 12.2 Å². The van der Waals surface area contributed by atoms with Crippen LogP contribution in [-0.4, -0.2) is 24.2 Å². The zero-order valence-electron chi connectivity index (χ0n) is 26.6. The average Bonchev–Trinajstić information content (AvgIpc) is 3.43. The van der Waals surface area contributed by atoms with Gasteiger partial charge in [-0.25, -0.2) is 8.97 Å². The van der Waals surface area contributed by atoms with Crippen molar-refractivity contribution in [1.82, 2.24) is 4.57 Å². The highest BCUT2D eigenvalue weighted by atomic mass is 79.9. The molecule has 0 saturated carbocycles. The fourth-order valence-electron chi connectivity index (χ4n) is 5.56. The van der Waals surface area contributed by atoms with Gasteiger partial charge in [-0.3, -0.25) is 4.79 Å². The first kappa shape index (κ1) is 35.2. The molecule has 0 fully saturated rings. The van der Waals surface area contributed by atoms with Crippen LogP contribution in [0.15, 0.2) is 79.4 Å². The van der Waals surface area contributed by atoms with Gasteiger partial charge in [0.15, 0.2) is 17.0 Å². The van der Waals surface area contributed by atoms with E-state index in [4.69, 9.17) is 9.47 Å². The number of unbranched alkanes of at least 4 members (excludes halogenated alkanes) is 11. The highest BCUT2D eigenvalue weighted by molar-refractivity contribution is 5.93. The summed E-state index contributed by atoms with van der Waals surface area (Å²) in [7, 11) is 1.65. The lowest BCUT2D eigenvalue weighted by Gasteiger charge is -2.13. The lowest BCUT2D eigenvalue weighted by molar-refractivity contribution is -0.512. The maximum Gasteiger partial charge on any atom is 0.249 e. The van der Waals surface area contributed by atoms with E-state index in [1.807, 2.05) is 54.7 Å². The minimum Gasteiger partial charge on any atom is -1.00 e. The Morgan fingerprint density at radius 1 is 0.818 bits per heavy atom. The van der Waals surface area contributed by atoms with E-state index >= 15 is 0 Å². The van der Waals surface area contributed by atoms with Crippen molar-refractivity contribution in [3.63, 3.8) is 0 Å². The number of amides is 1. The first-order chi connectivity index (χ1) is 21.2. The summed E-state index contributed by atoms with van der Waals surface area (Å²) in [5, 5.41) is 3.13. The summed E-state index contributed by atoms with van der Waals surface area (Å²) in [5.41, 5.74) is 3.90. The number of carbonyl (C=O) groups excluding carboxylic acids is 1. The summed E-state index contributed by atoms with van der Waals surface area (Å²) in [6.45, 7) is 3.59. The molecule has 44 heavy (non-hydrogen) atoms. The van der Waals surface area contributed by atoms with Crippen molar-refractivity contribution in [3.8, 4) is 11.5 Å². The summed E-state index contributed by atoms with van der Waals surface area (Å²) < 4.78 is 15.9. The van der Waals surface area contributed by atoms with Crippen LogP contribution in [0.4, 0.5) is 5.69 Å². The zero-order chi connectivity index (χ0) is 30.1. The van der Waals surface area contributed by atoms with Gasteiger partial charge in [-0.1, -0.05) is 108 Å². The Balaban J connectivity index is 0.00000529. The number of ether oxygens (including phenoxy) is 2. The molecule has 0 unspecified atom stereocenters. The topological polar surface area (TPSA) is 56.6 Å². The third kappa shape index (κ3) is 11.6. The van der Waals surface area contributed by atoms with Crippen molar-refractivity contribution < 1.29 is 35.7 Å². The molecule has 0 saturated heterocycles. The monoisotopic (exact) mass is 663 g/mol. The number of para-hydroxylation sites is 1. The number of fused-ring (bicyclic) bond motifs is 1. The van der Waals surface area contributed by atoms with Crippen molar-refractivity contribution in [2.24, 2.45) is 0 Å². The molecule has 238 valence electrons. The van der Waals surface area contributed by atoms with Crippen LogP contribution in [0.1, 0.15) is 95.1 Å². The molecule has 1 N–H and O–H groups in total. The molecule has 2 aromatic carbocycles. The van der Waals surface area contributed by atoms with Crippen LogP contribution in [0.3, 0.4) is 0 Å². The van der Waals surface area contributed by atoms with Crippen LogP contribution >= 0.6 is 0 Å². The molecule has 4 rings (SSSR count). The van der Waals surface area contributed by atoms with Crippen LogP contribution in [-0.2, 0) is 17.8 Å². The number of hydrogen-bond donors (Lipinski definition) is 1. The molecule has 0 atom stereocenters. The second-order valence-corrected chi connectivity index (χ2v) is 11.6. The quantitative estimate of drug-likeness (QED) is 0.0997. The molecule has 0 spiro atoms. The van der Waals surface area contributed by atoms with E-state index in [2.05, 4.69) is 45.9 Å². The van der Waals surface area contributed by atoms with E-state index in [9.17, 15) is 4.79 Å². The number of nitrogens with one attached hydrogen (secondary N) is 1. The highest BCUT2D eigenvalue weighted by Gasteiger charge is 2.13. The Labute approximate surface area is 274 Å². The van der Waals surface area contributed by atoms with Crippen molar-refractivity contribution in [3.05, 3.63) is 90.5 Å². The van der Waals surface area contributed by atoms with E-state index < -0.39 is 0 Å². The van der Waals surface area contributed by atoms with Gasteiger partial charge in [-0.15, -0.1) is 0 Å². The van der Waals surface area contributed by atoms with Gasteiger partial charge in [0.25, 0.3) is 0 Å². The van der Waals surface area contributed by atoms with Crippen LogP contribution in [0, 0.1) is 0 Å². The molecule has 0 aliphatic heterocycles. The van der Waals surface area contributed by atoms with Gasteiger partial charge in [-0.05, 0) is 42.3 Å². The number of carbonyl (C=O) groups is 1. The summed E-state index contributed by atoms with van der Waals surface area (Å²) in [6.07, 6.45) is 22.3. The van der Waals surface area contributed by atoms with Gasteiger partial charge in [0.1, 0.15) is 12.7 Å². The maximum atomic E-state index is 13.1. The molecule has 0 bridgehead atoms. The number of rotatable bonds is 20. The van der Waals surface area contributed by atoms with Gasteiger partial charge in [0, 0.05) is 11.3 Å². The molecule has 0 radical (unpaired) electrons. The zero-order valence-corrected chi connectivity index (χ0v) is 28.2. The minimum atomic E-state index is -0.0587. The molecule has 2 heterocycles. The van der Waals surface area contributed by atoms with Gasteiger partial charge in [0.05, 0.1) is 26.3 Å². The number of aromatic nitrogens is 2. The summed E-state index contributed by atoms with van der Waals surface area (Å²) in [6, 6.07) is 19.9. The number of anilines is 1. The van der Waals surface area contributed by atoms with Crippen molar-refractivity contribution in [2.45, 2.75) is 96.9 Å². The Morgan fingerprint density at radius 3 is 2.20 bits per heavy atom. The molecular formula is C37H50BrN3O3. The lowest BCUT2D eigenvalue weighted by atomic mass is 10.1. The largest absolute Gasteiger partial charge is 1.00 e. The smallest absolute Gasteiger partial charge is 0.249 e. The van der Waals surface area contributed by atoms with Crippen LogP contribution < -0.4 is 36.2 Å². The van der Waals surface area contributed by atoms with Crippen LogP contribution in [0.25, 0.3) is 5.52 Å². The number of benzene rings is 2. The van der Waals surface area contributed by atoms with Crippen molar-refractivity contribution in [2.75, 3.05) is 19.0 Å². The molecule has 1 amide bonds. The average molecular weight is 665 g/mol. The SMILES string of the molecule is CCCCCCCCCCCCCCOc1cc(CC(=O)Nc2ccccc2Cn2cc3cccc[n+]3c2)ccc1OC.[Br-]. The van der Waals surface area contributed by atoms with E-state index in [0.717, 1.165) is 28.8 Å². The minimum absolute atomic E-state index is 0. The lowest BCUT2D eigenvalue weighted by Crippen LogP contribution is -3.00. The Hall–Kier alpha value is -3.32.